The number of pyridine rings is 1. The average Bonchev–Trinajstić information content (AvgIpc) is 3.07. The molecule has 1 amide bonds. The smallest absolute Gasteiger partial charge is 0.225 e. The second-order valence-electron chi connectivity index (χ2n) is 9.99. The highest BCUT2D eigenvalue weighted by Crippen LogP contribution is 2.32. The topological polar surface area (TPSA) is 61.0 Å². The van der Waals surface area contributed by atoms with E-state index in [0.29, 0.717) is 5.92 Å². The highest BCUT2D eigenvalue weighted by Gasteiger charge is 2.32. The van der Waals surface area contributed by atoms with Crippen LogP contribution >= 0.6 is 0 Å². The second-order valence-corrected chi connectivity index (χ2v) is 9.99. The van der Waals surface area contributed by atoms with Crippen molar-refractivity contribution in [1.29, 1.82) is 0 Å². The number of aromatic nitrogens is 2. The minimum absolute atomic E-state index is 0.0523. The lowest BCUT2D eigenvalue weighted by Gasteiger charge is -2.37. The van der Waals surface area contributed by atoms with Crippen LogP contribution in [-0.4, -0.2) is 33.9 Å². The summed E-state index contributed by atoms with van der Waals surface area (Å²) in [4.78, 5) is 23.2. The number of aryl methyl sites for hydroxylation is 1. The van der Waals surface area contributed by atoms with E-state index in [9.17, 15) is 9.18 Å². The van der Waals surface area contributed by atoms with Gasteiger partial charge in [0.1, 0.15) is 5.82 Å². The maximum absolute atomic E-state index is 13.6. The Morgan fingerprint density at radius 1 is 1.25 bits per heavy atom. The van der Waals surface area contributed by atoms with E-state index < -0.39 is 5.41 Å². The number of hydrogen-bond acceptors (Lipinski definition) is 3. The molecular weight excluding hydrogens is 403 g/mol. The maximum atomic E-state index is 13.6. The summed E-state index contributed by atoms with van der Waals surface area (Å²) in [5.41, 5.74) is 3.73. The molecule has 1 saturated heterocycles. The SMILES string of the molecule is Cc1c(CN2CCC(C(NC(=O)C(C)(C)C)c3ccccn3)CC2)[nH]c2ccc(F)cc12. The van der Waals surface area contributed by atoms with Crippen molar-refractivity contribution in [3.8, 4) is 0 Å². The highest BCUT2D eigenvalue weighted by molar-refractivity contribution is 5.84. The number of carbonyl (C=O) groups excluding carboxylic acids is 1. The predicted molar refractivity (Wildman–Crippen MR) is 126 cm³/mol. The molecule has 3 heterocycles. The van der Waals surface area contributed by atoms with Crippen LogP contribution in [0.25, 0.3) is 10.9 Å². The summed E-state index contributed by atoms with van der Waals surface area (Å²) in [6.07, 6.45) is 3.77. The van der Waals surface area contributed by atoms with E-state index in [0.717, 1.165) is 60.3 Å². The van der Waals surface area contributed by atoms with Crippen molar-refractivity contribution in [3.63, 3.8) is 0 Å². The Hall–Kier alpha value is -2.73. The molecule has 1 aliphatic heterocycles. The number of nitrogens with one attached hydrogen (secondary N) is 2. The van der Waals surface area contributed by atoms with Gasteiger partial charge in [0.05, 0.1) is 11.7 Å². The molecule has 0 radical (unpaired) electrons. The van der Waals surface area contributed by atoms with Gasteiger partial charge in [-0.25, -0.2) is 4.39 Å². The fourth-order valence-electron chi connectivity index (χ4n) is 4.53. The lowest BCUT2D eigenvalue weighted by atomic mass is 9.85. The van der Waals surface area contributed by atoms with Gasteiger partial charge in [-0.1, -0.05) is 26.8 Å². The third-order valence-corrected chi connectivity index (χ3v) is 6.58. The summed E-state index contributed by atoms with van der Waals surface area (Å²) in [6, 6.07) is 10.7. The van der Waals surface area contributed by atoms with E-state index in [1.807, 2.05) is 45.0 Å². The van der Waals surface area contributed by atoms with Crippen molar-refractivity contribution in [3.05, 3.63) is 65.4 Å². The molecule has 4 rings (SSSR count). The van der Waals surface area contributed by atoms with E-state index in [-0.39, 0.29) is 17.8 Å². The Balaban J connectivity index is 1.45. The Bertz CT molecular complexity index is 1080. The summed E-state index contributed by atoms with van der Waals surface area (Å²) in [5.74, 6) is 0.187. The van der Waals surface area contributed by atoms with Gasteiger partial charge in [0, 0.05) is 34.8 Å². The number of piperidine rings is 1. The zero-order valence-electron chi connectivity index (χ0n) is 19.4. The minimum Gasteiger partial charge on any atom is -0.357 e. The Kier molecular flexibility index (Phi) is 6.33. The van der Waals surface area contributed by atoms with Crippen LogP contribution in [0.3, 0.4) is 0 Å². The first kappa shape index (κ1) is 22.5. The molecule has 3 aromatic rings. The predicted octanol–water partition coefficient (Wildman–Crippen LogP) is 5.13. The molecule has 0 spiro atoms. The molecule has 0 bridgehead atoms. The third-order valence-electron chi connectivity index (χ3n) is 6.58. The first-order chi connectivity index (χ1) is 15.2. The van der Waals surface area contributed by atoms with Crippen molar-refractivity contribution in [2.45, 2.75) is 53.1 Å². The van der Waals surface area contributed by atoms with Crippen LogP contribution in [0.15, 0.2) is 42.6 Å². The van der Waals surface area contributed by atoms with E-state index in [4.69, 9.17) is 0 Å². The molecule has 6 heteroatoms. The number of rotatable bonds is 5. The Morgan fingerprint density at radius 2 is 2.00 bits per heavy atom. The van der Waals surface area contributed by atoms with Gasteiger partial charge < -0.3 is 10.3 Å². The summed E-state index contributed by atoms with van der Waals surface area (Å²) in [6.45, 7) is 10.6. The van der Waals surface area contributed by atoms with Gasteiger partial charge in [-0.05, 0) is 74.7 Å². The fraction of sp³-hybridized carbons (Fsp3) is 0.462. The number of nitrogens with zero attached hydrogens (tertiary/aromatic N) is 2. The molecule has 170 valence electrons. The number of amides is 1. The molecule has 1 aliphatic rings. The Labute approximate surface area is 189 Å². The molecule has 1 aromatic carbocycles. The van der Waals surface area contributed by atoms with Crippen LogP contribution in [0.5, 0.6) is 0 Å². The van der Waals surface area contributed by atoms with E-state index in [2.05, 4.69) is 27.1 Å². The quantitative estimate of drug-likeness (QED) is 0.583. The Morgan fingerprint density at radius 3 is 2.66 bits per heavy atom. The van der Waals surface area contributed by atoms with Crippen LogP contribution in [0.2, 0.25) is 0 Å². The second kappa shape index (κ2) is 9.02. The van der Waals surface area contributed by atoms with Crippen LogP contribution in [0.4, 0.5) is 4.39 Å². The molecule has 32 heavy (non-hydrogen) atoms. The molecule has 2 aromatic heterocycles. The van der Waals surface area contributed by atoms with Gasteiger partial charge >= 0.3 is 0 Å². The fourth-order valence-corrected chi connectivity index (χ4v) is 4.53. The average molecular weight is 437 g/mol. The standard InChI is InChI=1S/C26H33FN4O/c1-17-20-15-19(27)8-9-21(20)29-23(17)16-31-13-10-18(11-14-31)24(22-7-5-6-12-28-22)30-25(32)26(2,3)4/h5-9,12,15,18,24,29H,10-11,13-14,16H2,1-4H3,(H,30,32). The first-order valence-electron chi connectivity index (χ1n) is 11.4. The molecule has 5 nitrogen and oxygen atoms in total. The molecule has 1 fully saturated rings. The van der Waals surface area contributed by atoms with Gasteiger partial charge in [0.2, 0.25) is 5.91 Å². The number of aromatic amines is 1. The molecule has 0 saturated carbocycles. The number of benzene rings is 1. The molecule has 1 unspecified atom stereocenters. The van der Waals surface area contributed by atoms with Crippen LogP contribution in [0.1, 0.15) is 56.6 Å². The zero-order chi connectivity index (χ0) is 22.9. The van der Waals surface area contributed by atoms with Crippen LogP contribution in [-0.2, 0) is 11.3 Å². The first-order valence-corrected chi connectivity index (χ1v) is 11.4. The number of H-pyrrole nitrogens is 1. The van der Waals surface area contributed by atoms with Gasteiger partial charge in [0.25, 0.3) is 0 Å². The molecule has 1 atom stereocenters. The van der Waals surface area contributed by atoms with E-state index in [1.54, 1.807) is 12.3 Å². The number of halogens is 1. The van der Waals surface area contributed by atoms with Crippen molar-refractivity contribution in [1.82, 2.24) is 20.2 Å². The normalized spacial score (nSPS) is 16.9. The number of carbonyl (C=O) groups is 1. The minimum atomic E-state index is -0.444. The van der Waals surface area contributed by atoms with Gasteiger partial charge in [-0.15, -0.1) is 0 Å². The molecular formula is C26H33FN4O. The van der Waals surface area contributed by atoms with E-state index in [1.165, 1.54) is 6.07 Å². The van der Waals surface area contributed by atoms with Crippen molar-refractivity contribution >= 4 is 16.8 Å². The molecule has 2 N–H and O–H groups in total. The number of hydrogen-bond donors (Lipinski definition) is 2. The lowest BCUT2D eigenvalue weighted by Crippen LogP contribution is -2.44. The molecule has 0 aliphatic carbocycles. The van der Waals surface area contributed by atoms with Crippen molar-refractivity contribution in [2.24, 2.45) is 11.3 Å². The van der Waals surface area contributed by atoms with Gasteiger partial charge in [-0.2, -0.15) is 0 Å². The monoisotopic (exact) mass is 436 g/mol. The van der Waals surface area contributed by atoms with Gasteiger partial charge in [-0.3, -0.25) is 14.7 Å². The van der Waals surface area contributed by atoms with Crippen molar-refractivity contribution < 1.29 is 9.18 Å². The highest BCUT2D eigenvalue weighted by atomic mass is 19.1. The van der Waals surface area contributed by atoms with Crippen LogP contribution < -0.4 is 5.32 Å². The zero-order valence-corrected chi connectivity index (χ0v) is 19.4. The van der Waals surface area contributed by atoms with Crippen LogP contribution in [0, 0.1) is 24.1 Å². The summed E-state index contributed by atoms with van der Waals surface area (Å²) >= 11 is 0. The summed E-state index contributed by atoms with van der Waals surface area (Å²) in [5, 5.41) is 4.23. The van der Waals surface area contributed by atoms with Gasteiger partial charge in [0.15, 0.2) is 0 Å². The summed E-state index contributed by atoms with van der Waals surface area (Å²) < 4.78 is 13.6. The lowest BCUT2D eigenvalue weighted by molar-refractivity contribution is -0.129. The number of likely N-dealkylation sites (tertiary alicyclic amines) is 1. The third kappa shape index (κ3) is 4.85. The summed E-state index contributed by atoms with van der Waals surface area (Å²) in [7, 11) is 0. The maximum Gasteiger partial charge on any atom is 0.225 e. The largest absolute Gasteiger partial charge is 0.357 e. The van der Waals surface area contributed by atoms with E-state index >= 15 is 0 Å². The van der Waals surface area contributed by atoms with Crippen molar-refractivity contribution in [2.75, 3.05) is 13.1 Å². The number of fused-ring (bicyclic) bond motifs is 1.